The molecule has 0 aromatic heterocycles. The number of carbonyl (C=O) groups is 2. The summed E-state index contributed by atoms with van der Waals surface area (Å²) in [7, 11) is -2.88. The van der Waals surface area contributed by atoms with Gasteiger partial charge in [0.25, 0.3) is 5.91 Å². The van der Waals surface area contributed by atoms with Gasteiger partial charge >= 0.3 is 6.09 Å². The Labute approximate surface area is 210 Å². The lowest BCUT2D eigenvalue weighted by atomic mass is 9.91. The van der Waals surface area contributed by atoms with Crippen LogP contribution in [0.4, 0.5) is 10.5 Å². The van der Waals surface area contributed by atoms with Crippen LogP contribution in [0.25, 0.3) is 0 Å². The molecule has 1 aromatic rings. The maximum Gasteiger partial charge on any atom is 0.410 e. The molecule has 0 aliphatic carbocycles. The molecule has 2 saturated heterocycles. The van der Waals surface area contributed by atoms with Gasteiger partial charge in [0.2, 0.25) is 0 Å². The van der Waals surface area contributed by atoms with E-state index in [1.807, 2.05) is 49.9 Å². The molecule has 2 heterocycles. The second-order valence-corrected chi connectivity index (χ2v) is 13.1. The van der Waals surface area contributed by atoms with Gasteiger partial charge in [0.05, 0.1) is 0 Å². The van der Waals surface area contributed by atoms with E-state index in [2.05, 4.69) is 4.90 Å². The van der Waals surface area contributed by atoms with Crippen LogP contribution in [0.3, 0.4) is 0 Å². The van der Waals surface area contributed by atoms with E-state index < -0.39 is 15.4 Å². The number of unbranched alkanes of at least 4 members (excludes halogenated alkanes) is 1. The van der Waals surface area contributed by atoms with Gasteiger partial charge in [-0.1, -0.05) is 12.8 Å². The summed E-state index contributed by atoms with van der Waals surface area (Å²) in [6, 6.07) is 7.78. The van der Waals surface area contributed by atoms with Crippen LogP contribution in [-0.4, -0.2) is 87.1 Å². The Morgan fingerprint density at radius 3 is 2.06 bits per heavy atom. The quantitative estimate of drug-likeness (QED) is 0.522. The largest absolute Gasteiger partial charge is 0.444 e. The summed E-state index contributed by atoms with van der Waals surface area (Å²) in [6.07, 6.45) is 5.66. The van der Waals surface area contributed by atoms with Gasteiger partial charge in [-0.25, -0.2) is 13.2 Å². The number of carbonyl (C=O) groups excluding carboxylic acids is 2. The molecule has 3 rings (SSSR count). The van der Waals surface area contributed by atoms with E-state index in [0.717, 1.165) is 64.0 Å². The molecule has 0 radical (unpaired) electrons. The smallest absolute Gasteiger partial charge is 0.410 e. The number of hydrogen-bond acceptors (Lipinski definition) is 6. The second-order valence-electron chi connectivity index (χ2n) is 10.9. The topological polar surface area (TPSA) is 87.2 Å². The Hall–Kier alpha value is -2.29. The van der Waals surface area contributed by atoms with E-state index >= 15 is 0 Å². The van der Waals surface area contributed by atoms with Crippen molar-refractivity contribution < 1.29 is 22.7 Å². The SMILES string of the molecule is CC(C)(C)OC(=O)N1CCN(c2ccc(C(=O)N3CCC(CCCCS(C)(=O)=O)CC3)cc2)CC1. The van der Waals surface area contributed by atoms with Crippen LogP contribution in [0.5, 0.6) is 0 Å². The van der Waals surface area contributed by atoms with Crippen LogP contribution >= 0.6 is 0 Å². The number of piperidine rings is 1. The summed E-state index contributed by atoms with van der Waals surface area (Å²) in [5, 5.41) is 0. The highest BCUT2D eigenvalue weighted by atomic mass is 32.2. The van der Waals surface area contributed by atoms with E-state index in [9.17, 15) is 18.0 Å². The molecule has 2 aliphatic heterocycles. The normalized spacial score (nSPS) is 18.0. The van der Waals surface area contributed by atoms with Crippen molar-refractivity contribution in [1.29, 1.82) is 0 Å². The number of nitrogens with zero attached hydrogens (tertiary/aromatic N) is 3. The molecule has 2 amide bonds. The van der Waals surface area contributed by atoms with Crippen molar-refractivity contribution in [2.45, 2.75) is 58.5 Å². The summed E-state index contributed by atoms with van der Waals surface area (Å²) < 4.78 is 28.0. The highest BCUT2D eigenvalue weighted by Gasteiger charge is 2.27. The molecule has 0 atom stereocenters. The number of sulfone groups is 1. The van der Waals surface area contributed by atoms with E-state index in [1.54, 1.807) is 4.90 Å². The summed E-state index contributed by atoms with van der Waals surface area (Å²) in [5.74, 6) is 0.905. The highest BCUT2D eigenvalue weighted by molar-refractivity contribution is 7.90. The van der Waals surface area contributed by atoms with Gasteiger partial charge in [0.1, 0.15) is 15.4 Å². The van der Waals surface area contributed by atoms with E-state index in [0.29, 0.717) is 24.6 Å². The molecule has 9 heteroatoms. The van der Waals surface area contributed by atoms with Gasteiger partial charge in [-0.05, 0) is 70.2 Å². The number of hydrogen-bond donors (Lipinski definition) is 0. The van der Waals surface area contributed by atoms with Crippen molar-refractivity contribution in [2.75, 3.05) is 56.2 Å². The van der Waals surface area contributed by atoms with Crippen molar-refractivity contribution in [2.24, 2.45) is 5.92 Å². The summed E-state index contributed by atoms with van der Waals surface area (Å²) in [6.45, 7) is 9.80. The standard InChI is InChI=1S/C26H41N3O5S/c1-26(2,3)34-25(31)29-18-16-27(17-19-29)23-10-8-22(9-11-23)24(30)28-14-12-21(13-15-28)7-5-6-20-35(4,32)33/h8-11,21H,5-7,12-20H2,1-4H3. The predicted octanol–water partition coefficient (Wildman–Crippen LogP) is 3.81. The summed E-state index contributed by atoms with van der Waals surface area (Å²) >= 11 is 0. The molecule has 0 bridgehead atoms. The second kappa shape index (κ2) is 11.6. The third-order valence-electron chi connectivity index (χ3n) is 6.69. The van der Waals surface area contributed by atoms with Crippen LogP contribution in [0.2, 0.25) is 0 Å². The first-order chi connectivity index (χ1) is 16.4. The van der Waals surface area contributed by atoms with Gasteiger partial charge < -0.3 is 19.4 Å². The molecule has 2 aliphatic rings. The lowest BCUT2D eigenvalue weighted by Crippen LogP contribution is -2.50. The van der Waals surface area contributed by atoms with Crippen molar-refractivity contribution in [3.63, 3.8) is 0 Å². The molecule has 0 spiro atoms. The highest BCUT2D eigenvalue weighted by Crippen LogP contribution is 2.25. The molecule has 0 N–H and O–H groups in total. The van der Waals surface area contributed by atoms with Crippen LogP contribution in [0.1, 0.15) is 63.2 Å². The minimum absolute atomic E-state index is 0.0711. The molecular weight excluding hydrogens is 466 g/mol. The maximum atomic E-state index is 13.0. The number of amides is 2. The average molecular weight is 508 g/mol. The lowest BCUT2D eigenvalue weighted by molar-refractivity contribution is 0.0240. The number of benzene rings is 1. The minimum atomic E-state index is -2.88. The van der Waals surface area contributed by atoms with Crippen molar-refractivity contribution in [3.8, 4) is 0 Å². The molecule has 0 saturated carbocycles. The number of likely N-dealkylation sites (tertiary alicyclic amines) is 1. The lowest BCUT2D eigenvalue weighted by Gasteiger charge is -2.37. The monoisotopic (exact) mass is 507 g/mol. The Morgan fingerprint density at radius 1 is 0.914 bits per heavy atom. The van der Waals surface area contributed by atoms with Gasteiger partial charge in [0, 0.05) is 62.5 Å². The maximum absolute atomic E-state index is 13.0. The van der Waals surface area contributed by atoms with Crippen molar-refractivity contribution >= 4 is 27.5 Å². The predicted molar refractivity (Wildman–Crippen MR) is 139 cm³/mol. The molecule has 2 fully saturated rings. The average Bonchev–Trinajstić information content (AvgIpc) is 2.80. The third-order valence-corrected chi connectivity index (χ3v) is 7.72. The molecule has 1 aromatic carbocycles. The number of anilines is 1. The fourth-order valence-corrected chi connectivity index (χ4v) is 5.42. The molecule has 35 heavy (non-hydrogen) atoms. The third kappa shape index (κ3) is 8.70. The van der Waals surface area contributed by atoms with Gasteiger partial charge in [-0.3, -0.25) is 4.79 Å². The minimum Gasteiger partial charge on any atom is -0.444 e. The van der Waals surface area contributed by atoms with Crippen molar-refractivity contribution in [1.82, 2.24) is 9.80 Å². The zero-order chi connectivity index (χ0) is 25.6. The van der Waals surface area contributed by atoms with E-state index in [4.69, 9.17) is 4.74 Å². The Kier molecular flexibility index (Phi) is 9.07. The summed E-state index contributed by atoms with van der Waals surface area (Å²) in [4.78, 5) is 31.2. The zero-order valence-electron chi connectivity index (χ0n) is 21.7. The fraction of sp³-hybridized carbons (Fsp3) is 0.692. The Bertz CT molecular complexity index is 956. The number of rotatable bonds is 7. The molecule has 0 unspecified atom stereocenters. The van der Waals surface area contributed by atoms with Gasteiger partial charge in [-0.15, -0.1) is 0 Å². The van der Waals surface area contributed by atoms with Crippen molar-refractivity contribution in [3.05, 3.63) is 29.8 Å². The zero-order valence-corrected chi connectivity index (χ0v) is 22.5. The van der Waals surface area contributed by atoms with Crippen LogP contribution in [-0.2, 0) is 14.6 Å². The molecule has 8 nitrogen and oxygen atoms in total. The first-order valence-electron chi connectivity index (χ1n) is 12.7. The molecular formula is C26H41N3O5S. The first-order valence-corrected chi connectivity index (χ1v) is 14.8. The first kappa shape index (κ1) is 27.3. The van der Waals surface area contributed by atoms with Gasteiger partial charge in [0.15, 0.2) is 0 Å². The fourth-order valence-electron chi connectivity index (χ4n) is 4.69. The Balaban J connectivity index is 1.42. The number of ether oxygens (including phenoxy) is 1. The van der Waals surface area contributed by atoms with E-state index in [-0.39, 0.29) is 17.8 Å². The number of piperazine rings is 1. The van der Waals surface area contributed by atoms with Gasteiger partial charge in [-0.2, -0.15) is 0 Å². The van der Waals surface area contributed by atoms with Crippen LogP contribution in [0.15, 0.2) is 24.3 Å². The summed E-state index contributed by atoms with van der Waals surface area (Å²) in [5.41, 5.74) is 1.26. The Morgan fingerprint density at radius 2 is 1.51 bits per heavy atom. The van der Waals surface area contributed by atoms with Crippen LogP contribution < -0.4 is 4.90 Å². The van der Waals surface area contributed by atoms with Crippen LogP contribution in [0, 0.1) is 5.92 Å². The van der Waals surface area contributed by atoms with E-state index in [1.165, 1.54) is 6.26 Å². The molecule has 196 valence electrons.